The molecule has 3 unspecified atom stereocenters. The molecule has 0 saturated carbocycles. The molecule has 0 bridgehead atoms. The molecule has 0 spiro atoms. The van der Waals surface area contributed by atoms with Crippen LogP contribution in [0, 0.1) is 0 Å². The summed E-state index contributed by atoms with van der Waals surface area (Å²) in [5.41, 5.74) is -2.26. The van der Waals surface area contributed by atoms with Gasteiger partial charge >= 0.3 is 12.4 Å². The van der Waals surface area contributed by atoms with Crippen LogP contribution in [0.2, 0.25) is 5.02 Å². The monoisotopic (exact) mass is 584 g/mol. The van der Waals surface area contributed by atoms with E-state index in [0.717, 1.165) is 11.1 Å². The lowest BCUT2D eigenvalue weighted by Crippen LogP contribution is -2.70. The Bertz CT molecular complexity index is 1270. The topological polar surface area (TPSA) is 50.4 Å². The van der Waals surface area contributed by atoms with Gasteiger partial charge in [0.1, 0.15) is 0 Å². The second-order valence-electron chi connectivity index (χ2n) is 9.70. The van der Waals surface area contributed by atoms with E-state index in [4.69, 9.17) is 16.3 Å². The summed E-state index contributed by atoms with van der Waals surface area (Å²) in [6.45, 7) is 1.62. The highest BCUT2D eigenvalue weighted by Gasteiger charge is 2.53. The number of carbonyl (C=O) groups excluding carboxylic acids is 1. The van der Waals surface area contributed by atoms with Crippen molar-refractivity contribution in [3.63, 3.8) is 0 Å². The maximum Gasteiger partial charge on any atom is 0.416 e. The predicted molar refractivity (Wildman–Crippen MR) is 138 cm³/mol. The Labute approximate surface area is 232 Å². The Kier molecular flexibility index (Phi) is 8.82. The van der Waals surface area contributed by atoms with Gasteiger partial charge in [-0.2, -0.15) is 26.3 Å². The number of alkyl halides is 6. The van der Waals surface area contributed by atoms with Gasteiger partial charge in [-0.25, -0.2) is 0 Å². The number of hydrogen-bond donors (Lipinski definition) is 2. The minimum absolute atomic E-state index is 0.0903. The molecular formula is C29H27ClF6N2O2. The fourth-order valence-corrected chi connectivity index (χ4v) is 5.07. The number of rotatable bonds is 9. The number of carbonyl (C=O) groups is 1. The Hall–Kier alpha value is -3.08. The molecule has 3 aromatic carbocycles. The summed E-state index contributed by atoms with van der Waals surface area (Å²) in [4.78, 5) is 12.9. The van der Waals surface area contributed by atoms with Gasteiger partial charge in [0.05, 0.1) is 35.4 Å². The number of nitrogens with one attached hydrogen (secondary N) is 2. The van der Waals surface area contributed by atoms with Crippen molar-refractivity contribution in [1.82, 2.24) is 10.6 Å². The molecule has 3 aromatic rings. The molecule has 0 aromatic heterocycles. The van der Waals surface area contributed by atoms with Gasteiger partial charge < -0.3 is 10.1 Å². The normalized spacial score (nSPS) is 20.1. The van der Waals surface area contributed by atoms with E-state index < -0.39 is 47.8 Å². The summed E-state index contributed by atoms with van der Waals surface area (Å²) in [7, 11) is 0. The largest absolute Gasteiger partial charge is 0.416 e. The van der Waals surface area contributed by atoms with Crippen LogP contribution in [-0.2, 0) is 40.6 Å². The molecular weight excluding hydrogens is 558 g/mol. The first-order valence-electron chi connectivity index (χ1n) is 12.6. The van der Waals surface area contributed by atoms with E-state index in [-0.39, 0.29) is 24.1 Å². The molecule has 0 radical (unpaired) electrons. The van der Waals surface area contributed by atoms with Crippen molar-refractivity contribution in [2.24, 2.45) is 0 Å². The molecule has 1 heterocycles. The van der Waals surface area contributed by atoms with Crippen LogP contribution in [0.25, 0.3) is 0 Å². The summed E-state index contributed by atoms with van der Waals surface area (Å²) in [6.07, 6.45) is -9.86. The van der Waals surface area contributed by atoms with Gasteiger partial charge in [0.15, 0.2) is 0 Å². The number of benzene rings is 3. The lowest BCUT2D eigenvalue weighted by Gasteiger charge is -2.52. The first-order chi connectivity index (χ1) is 18.8. The van der Waals surface area contributed by atoms with Crippen LogP contribution >= 0.6 is 11.6 Å². The molecule has 1 fully saturated rings. The van der Waals surface area contributed by atoms with Crippen LogP contribution in [0.15, 0.2) is 72.8 Å². The molecule has 4 rings (SSSR count). The molecule has 4 nitrogen and oxygen atoms in total. The second kappa shape index (κ2) is 11.8. The lowest BCUT2D eigenvalue weighted by molar-refractivity contribution is -0.143. The fraction of sp³-hybridized carbons (Fsp3) is 0.345. The molecule has 40 heavy (non-hydrogen) atoms. The Morgan fingerprint density at radius 1 is 0.975 bits per heavy atom. The van der Waals surface area contributed by atoms with Gasteiger partial charge in [-0.05, 0) is 59.9 Å². The summed E-state index contributed by atoms with van der Waals surface area (Å²) in [6, 6.07) is 17.0. The first-order valence-corrected chi connectivity index (χ1v) is 12.9. The molecule has 2 N–H and O–H groups in total. The van der Waals surface area contributed by atoms with Crippen LogP contribution < -0.4 is 10.6 Å². The Balaban J connectivity index is 1.51. The number of amides is 1. The third-order valence-corrected chi connectivity index (χ3v) is 7.21. The average Bonchev–Trinajstić information content (AvgIpc) is 2.88. The Morgan fingerprint density at radius 2 is 1.55 bits per heavy atom. The van der Waals surface area contributed by atoms with E-state index in [1.807, 2.05) is 30.3 Å². The van der Waals surface area contributed by atoms with Crippen LogP contribution in [0.3, 0.4) is 0 Å². The fourth-order valence-electron chi connectivity index (χ4n) is 4.94. The van der Waals surface area contributed by atoms with Gasteiger partial charge in [0.2, 0.25) is 5.91 Å². The molecule has 214 valence electrons. The number of ether oxygens (including phenoxy) is 1. The van der Waals surface area contributed by atoms with Gasteiger partial charge in [0, 0.05) is 11.6 Å². The van der Waals surface area contributed by atoms with E-state index in [1.165, 1.54) is 0 Å². The van der Waals surface area contributed by atoms with Crippen LogP contribution in [-0.4, -0.2) is 18.1 Å². The van der Waals surface area contributed by atoms with E-state index in [0.29, 0.717) is 30.0 Å². The number of hydrogen-bond acceptors (Lipinski definition) is 3. The number of halogens is 7. The van der Waals surface area contributed by atoms with Crippen LogP contribution in [0.1, 0.15) is 47.6 Å². The summed E-state index contributed by atoms with van der Waals surface area (Å²) >= 11 is 5.90. The quantitative estimate of drug-likeness (QED) is 0.261. The van der Waals surface area contributed by atoms with Gasteiger partial charge in [-0.1, -0.05) is 61.0 Å². The van der Waals surface area contributed by atoms with Crippen LogP contribution in [0.5, 0.6) is 0 Å². The second-order valence-corrected chi connectivity index (χ2v) is 10.1. The van der Waals surface area contributed by atoms with Crippen molar-refractivity contribution in [3.05, 3.63) is 106 Å². The zero-order valence-corrected chi connectivity index (χ0v) is 22.1. The zero-order chi connectivity index (χ0) is 29.1. The maximum atomic E-state index is 13.3. The van der Waals surface area contributed by atoms with E-state index >= 15 is 0 Å². The van der Waals surface area contributed by atoms with Crippen molar-refractivity contribution < 1.29 is 35.9 Å². The smallest absolute Gasteiger partial charge is 0.371 e. The molecule has 0 aliphatic carbocycles. The standard InChI is InChI=1S/C29H27ClF6N2O2/c1-2-25(40-17-19-12-21(28(31,32)33)14-22(13-19)29(34,35)36)27(20-6-4-3-5-7-20)15-24(38-27)26(39)37-16-18-8-10-23(30)11-9-18/h3-14,24-25,38H,2,15-17H2,1H3,(H,37,39). The molecule has 1 aliphatic heterocycles. The van der Waals surface area contributed by atoms with Gasteiger partial charge in [0.25, 0.3) is 0 Å². The highest BCUT2D eigenvalue weighted by Crippen LogP contribution is 2.42. The minimum atomic E-state index is -4.95. The average molecular weight is 585 g/mol. The summed E-state index contributed by atoms with van der Waals surface area (Å²) < 4.78 is 85.9. The Morgan fingerprint density at radius 3 is 2.08 bits per heavy atom. The van der Waals surface area contributed by atoms with Gasteiger partial charge in [-0.3, -0.25) is 10.1 Å². The van der Waals surface area contributed by atoms with E-state index in [9.17, 15) is 31.1 Å². The van der Waals surface area contributed by atoms with E-state index in [2.05, 4.69) is 10.6 Å². The van der Waals surface area contributed by atoms with Crippen molar-refractivity contribution in [2.75, 3.05) is 0 Å². The molecule has 11 heteroatoms. The molecule has 1 aliphatic rings. The third kappa shape index (κ3) is 6.79. The van der Waals surface area contributed by atoms with Crippen molar-refractivity contribution in [1.29, 1.82) is 0 Å². The zero-order valence-electron chi connectivity index (χ0n) is 21.4. The molecule has 1 amide bonds. The van der Waals surface area contributed by atoms with Gasteiger partial charge in [-0.15, -0.1) is 0 Å². The van der Waals surface area contributed by atoms with Crippen molar-refractivity contribution in [3.8, 4) is 0 Å². The molecule has 3 atom stereocenters. The molecule has 1 saturated heterocycles. The predicted octanol–water partition coefficient (Wildman–Crippen LogP) is 7.25. The first kappa shape index (κ1) is 29.9. The minimum Gasteiger partial charge on any atom is -0.371 e. The highest BCUT2D eigenvalue weighted by atomic mass is 35.5. The van der Waals surface area contributed by atoms with Crippen LogP contribution in [0.4, 0.5) is 26.3 Å². The summed E-state index contributed by atoms with van der Waals surface area (Å²) in [5.74, 6) is -0.246. The summed E-state index contributed by atoms with van der Waals surface area (Å²) in [5, 5.41) is 6.74. The van der Waals surface area contributed by atoms with E-state index in [1.54, 1.807) is 31.2 Å². The highest BCUT2D eigenvalue weighted by molar-refractivity contribution is 6.30. The van der Waals surface area contributed by atoms with Crippen molar-refractivity contribution in [2.45, 2.75) is 63.0 Å². The third-order valence-electron chi connectivity index (χ3n) is 6.96. The lowest BCUT2D eigenvalue weighted by atomic mass is 9.71. The maximum absolute atomic E-state index is 13.3. The SMILES string of the molecule is CCC(OCc1cc(C(F)(F)F)cc(C(F)(F)F)c1)C1(c2ccccc2)CC(C(=O)NCc2ccc(Cl)cc2)N1. The van der Waals surface area contributed by atoms with Crippen molar-refractivity contribution >= 4 is 17.5 Å².